The van der Waals surface area contributed by atoms with Crippen LogP contribution in [0.3, 0.4) is 0 Å². The molecule has 1 heterocycles. The van der Waals surface area contributed by atoms with Crippen molar-refractivity contribution in [2.24, 2.45) is 10.9 Å². The molecule has 0 aliphatic heterocycles. The maximum atomic E-state index is 11.6. The molecule has 0 amide bonds. The molecular weight excluding hydrogens is 314 g/mol. The third kappa shape index (κ3) is 3.40. The van der Waals surface area contributed by atoms with Crippen LogP contribution in [0.25, 0.3) is 0 Å². The molecule has 0 fully saturated rings. The molecule has 1 aromatic carbocycles. The molecule has 0 aliphatic rings. The Bertz CT molecular complexity index is 725. The molecule has 0 unspecified atom stereocenters. The summed E-state index contributed by atoms with van der Waals surface area (Å²) in [6, 6.07) is 5.09. The lowest BCUT2D eigenvalue weighted by Crippen LogP contribution is -2.17. The average Bonchev–Trinajstić information content (AvgIpc) is 2.80. The number of halogens is 1. The molecule has 21 heavy (non-hydrogen) atoms. The van der Waals surface area contributed by atoms with Crippen molar-refractivity contribution in [1.82, 2.24) is 14.8 Å². The van der Waals surface area contributed by atoms with Crippen LogP contribution >= 0.6 is 23.4 Å². The highest BCUT2D eigenvalue weighted by Gasteiger charge is 2.11. The third-order valence-corrected chi connectivity index (χ3v) is 4.00. The Labute approximate surface area is 129 Å². The van der Waals surface area contributed by atoms with Gasteiger partial charge >= 0.3 is 5.69 Å². The Balaban J connectivity index is 2.29. The molecule has 0 atom stereocenters. The number of oxime groups is 1. The SMILES string of the molecule is CCCn1c(Sc2ccc(C(N)=NO)c(Cl)c2)n[nH]c1=O. The molecule has 2 rings (SSSR count). The van der Waals surface area contributed by atoms with Crippen LogP contribution in [0.4, 0.5) is 0 Å². The van der Waals surface area contributed by atoms with Crippen LogP contribution in [0.15, 0.2) is 38.2 Å². The summed E-state index contributed by atoms with van der Waals surface area (Å²) >= 11 is 7.40. The molecule has 4 N–H and O–H groups in total. The number of amidine groups is 1. The van der Waals surface area contributed by atoms with Crippen LogP contribution in [0.1, 0.15) is 18.9 Å². The van der Waals surface area contributed by atoms with Crippen LogP contribution in [0, 0.1) is 0 Å². The summed E-state index contributed by atoms with van der Waals surface area (Å²) in [5.41, 5.74) is 5.71. The first-order valence-corrected chi connectivity index (χ1v) is 7.36. The van der Waals surface area contributed by atoms with E-state index in [1.165, 1.54) is 11.8 Å². The number of nitrogens with zero attached hydrogens (tertiary/aromatic N) is 3. The van der Waals surface area contributed by atoms with Gasteiger partial charge in [0.05, 0.1) is 5.02 Å². The Morgan fingerprint density at radius 3 is 3.00 bits per heavy atom. The van der Waals surface area contributed by atoms with Gasteiger partial charge in [-0.05, 0) is 36.4 Å². The fourth-order valence-corrected chi connectivity index (χ4v) is 2.97. The minimum atomic E-state index is -0.237. The zero-order valence-corrected chi connectivity index (χ0v) is 12.8. The molecular formula is C12H14ClN5O2S. The summed E-state index contributed by atoms with van der Waals surface area (Å²) in [4.78, 5) is 12.4. The lowest BCUT2D eigenvalue weighted by Gasteiger charge is -2.06. The highest BCUT2D eigenvalue weighted by atomic mass is 35.5. The van der Waals surface area contributed by atoms with Crippen molar-refractivity contribution in [1.29, 1.82) is 0 Å². The lowest BCUT2D eigenvalue weighted by atomic mass is 10.2. The van der Waals surface area contributed by atoms with Crippen molar-refractivity contribution in [3.8, 4) is 0 Å². The topological polar surface area (TPSA) is 109 Å². The van der Waals surface area contributed by atoms with Crippen molar-refractivity contribution in [3.63, 3.8) is 0 Å². The molecule has 0 aliphatic carbocycles. The van der Waals surface area contributed by atoms with E-state index in [-0.39, 0.29) is 11.5 Å². The number of nitrogens with one attached hydrogen (secondary N) is 1. The molecule has 7 nitrogen and oxygen atoms in total. The van der Waals surface area contributed by atoms with E-state index in [0.29, 0.717) is 22.3 Å². The summed E-state index contributed by atoms with van der Waals surface area (Å²) in [7, 11) is 0. The number of rotatable bonds is 5. The van der Waals surface area contributed by atoms with Crippen molar-refractivity contribution >= 4 is 29.2 Å². The number of hydrogen-bond donors (Lipinski definition) is 3. The molecule has 1 aromatic heterocycles. The van der Waals surface area contributed by atoms with Crippen molar-refractivity contribution in [2.45, 2.75) is 29.9 Å². The molecule has 0 spiro atoms. The molecule has 2 aromatic rings. The second-order valence-electron chi connectivity index (χ2n) is 4.19. The first-order valence-electron chi connectivity index (χ1n) is 6.17. The van der Waals surface area contributed by atoms with Gasteiger partial charge in [-0.15, -0.1) is 5.10 Å². The van der Waals surface area contributed by atoms with Gasteiger partial charge in [0.15, 0.2) is 11.0 Å². The predicted octanol–water partition coefficient (Wildman–Crippen LogP) is 1.88. The summed E-state index contributed by atoms with van der Waals surface area (Å²) in [6.07, 6.45) is 0.830. The fraction of sp³-hybridized carbons (Fsp3) is 0.250. The Hall–Kier alpha value is -1.93. The number of aromatic nitrogens is 3. The highest BCUT2D eigenvalue weighted by molar-refractivity contribution is 7.99. The van der Waals surface area contributed by atoms with Crippen LogP contribution < -0.4 is 11.4 Å². The second kappa shape index (κ2) is 6.68. The van der Waals surface area contributed by atoms with Gasteiger partial charge in [0.1, 0.15) is 0 Å². The van der Waals surface area contributed by atoms with Crippen LogP contribution in [0.5, 0.6) is 0 Å². The number of hydrogen-bond acceptors (Lipinski definition) is 5. The maximum absolute atomic E-state index is 11.6. The quantitative estimate of drug-likeness (QED) is 0.336. The normalized spacial score (nSPS) is 11.8. The van der Waals surface area contributed by atoms with Gasteiger partial charge in [0, 0.05) is 17.0 Å². The molecule has 0 saturated carbocycles. The zero-order chi connectivity index (χ0) is 15.4. The minimum absolute atomic E-state index is 0.0563. The Morgan fingerprint density at radius 1 is 1.62 bits per heavy atom. The maximum Gasteiger partial charge on any atom is 0.343 e. The summed E-state index contributed by atoms with van der Waals surface area (Å²) < 4.78 is 1.57. The molecule has 0 bridgehead atoms. The fourth-order valence-electron chi connectivity index (χ4n) is 1.73. The first-order chi connectivity index (χ1) is 10.1. The number of H-pyrrole nitrogens is 1. The summed E-state index contributed by atoms with van der Waals surface area (Å²) in [5, 5.41) is 18.9. The standard InChI is InChI=1S/C12H14ClN5O2S/c1-2-5-18-11(19)15-16-12(18)21-7-3-4-8(9(13)6-7)10(14)17-20/h3-4,6,20H,2,5H2,1H3,(H2,14,17)(H,15,19). The molecule has 9 heteroatoms. The van der Waals surface area contributed by atoms with E-state index in [2.05, 4.69) is 15.4 Å². The summed E-state index contributed by atoms with van der Waals surface area (Å²) in [6.45, 7) is 2.57. The van der Waals surface area contributed by atoms with E-state index in [1.54, 1.807) is 22.8 Å². The largest absolute Gasteiger partial charge is 0.409 e. The lowest BCUT2D eigenvalue weighted by molar-refractivity contribution is 0.318. The number of aromatic amines is 1. The Kier molecular flexibility index (Phi) is 4.92. The van der Waals surface area contributed by atoms with E-state index in [1.807, 2.05) is 6.92 Å². The van der Waals surface area contributed by atoms with E-state index < -0.39 is 0 Å². The second-order valence-corrected chi connectivity index (χ2v) is 5.64. The van der Waals surface area contributed by atoms with E-state index in [4.69, 9.17) is 22.5 Å². The molecule has 0 radical (unpaired) electrons. The third-order valence-electron chi connectivity index (χ3n) is 2.70. The summed E-state index contributed by atoms with van der Waals surface area (Å²) in [5.74, 6) is -0.0563. The molecule has 0 saturated heterocycles. The van der Waals surface area contributed by atoms with Gasteiger partial charge in [0.25, 0.3) is 0 Å². The van der Waals surface area contributed by atoms with Crippen LogP contribution in [0.2, 0.25) is 5.02 Å². The Morgan fingerprint density at radius 2 is 2.38 bits per heavy atom. The molecule has 112 valence electrons. The van der Waals surface area contributed by atoms with Crippen LogP contribution in [-0.4, -0.2) is 25.8 Å². The zero-order valence-electron chi connectivity index (χ0n) is 11.2. The van der Waals surface area contributed by atoms with Gasteiger partial charge < -0.3 is 10.9 Å². The smallest absolute Gasteiger partial charge is 0.343 e. The van der Waals surface area contributed by atoms with Gasteiger partial charge in [-0.1, -0.05) is 23.7 Å². The first kappa shape index (κ1) is 15.5. The van der Waals surface area contributed by atoms with E-state index >= 15 is 0 Å². The van der Waals surface area contributed by atoms with Crippen molar-refractivity contribution in [2.75, 3.05) is 0 Å². The van der Waals surface area contributed by atoms with Crippen molar-refractivity contribution < 1.29 is 5.21 Å². The van der Waals surface area contributed by atoms with Gasteiger partial charge in [0.2, 0.25) is 0 Å². The van der Waals surface area contributed by atoms with Crippen molar-refractivity contribution in [3.05, 3.63) is 39.3 Å². The van der Waals surface area contributed by atoms with Gasteiger partial charge in [-0.2, -0.15) is 0 Å². The average molecular weight is 328 g/mol. The highest BCUT2D eigenvalue weighted by Crippen LogP contribution is 2.29. The number of benzene rings is 1. The van der Waals surface area contributed by atoms with Gasteiger partial charge in [-0.3, -0.25) is 4.57 Å². The monoisotopic (exact) mass is 327 g/mol. The van der Waals surface area contributed by atoms with E-state index in [9.17, 15) is 4.79 Å². The predicted molar refractivity (Wildman–Crippen MR) is 81.2 cm³/mol. The van der Waals surface area contributed by atoms with Crippen LogP contribution in [-0.2, 0) is 6.54 Å². The van der Waals surface area contributed by atoms with Gasteiger partial charge in [-0.25, -0.2) is 9.89 Å². The van der Waals surface area contributed by atoms with E-state index in [0.717, 1.165) is 11.3 Å². The minimum Gasteiger partial charge on any atom is -0.409 e. The number of nitrogens with two attached hydrogens (primary N) is 1.